The van der Waals surface area contributed by atoms with Crippen molar-refractivity contribution in [2.45, 2.75) is 0 Å². The number of hydrogen-bond acceptors (Lipinski definition) is 2. The highest BCUT2D eigenvalue weighted by Gasteiger charge is 2.24. The first-order valence-corrected chi connectivity index (χ1v) is 20.3. The molecule has 0 radical (unpaired) electrons. The third-order valence-corrected chi connectivity index (χ3v) is 12.4. The van der Waals surface area contributed by atoms with Crippen molar-refractivity contribution in [2.75, 3.05) is 4.90 Å². The average molecular weight is 745 g/mol. The lowest BCUT2D eigenvalue weighted by molar-refractivity contribution is 1.18. The standard InChI is InChI=1S/C54H36N2S/c1-3-16-37(17-4-1)38-30-32-39(33-31-38)42-20-7-12-25-48(42)56-49-26-13-9-23-45(49)54-50(27-15-28-51(54)56)55(41-18-5-2-6-19-41)47-24-11-8-21-43(47)40-34-35-53-46(36-40)44-22-10-14-29-52(44)57-53/h1-36H. The van der Waals surface area contributed by atoms with Gasteiger partial charge in [0.15, 0.2) is 0 Å². The average Bonchev–Trinajstić information content (AvgIpc) is 3.83. The van der Waals surface area contributed by atoms with Crippen molar-refractivity contribution in [1.82, 2.24) is 4.57 Å². The molecule has 0 spiro atoms. The van der Waals surface area contributed by atoms with Crippen LogP contribution in [0.2, 0.25) is 0 Å². The Kier molecular flexibility index (Phi) is 8.04. The molecule has 0 saturated carbocycles. The van der Waals surface area contributed by atoms with E-state index in [1.807, 2.05) is 11.3 Å². The molecule has 2 heterocycles. The van der Waals surface area contributed by atoms with Gasteiger partial charge in [-0.05, 0) is 82.9 Å². The molecule has 0 aliphatic rings. The summed E-state index contributed by atoms with van der Waals surface area (Å²) in [7, 11) is 0. The smallest absolute Gasteiger partial charge is 0.0562 e. The Balaban J connectivity index is 1.12. The summed E-state index contributed by atoms with van der Waals surface area (Å²) in [5.41, 5.74) is 14.0. The van der Waals surface area contributed by atoms with Crippen LogP contribution in [0, 0.1) is 0 Å². The number of thiophene rings is 1. The lowest BCUT2D eigenvalue weighted by Gasteiger charge is -2.28. The molecular weight excluding hydrogens is 709 g/mol. The fraction of sp³-hybridized carbons (Fsp3) is 0. The molecule has 0 aliphatic carbocycles. The zero-order valence-corrected chi connectivity index (χ0v) is 31.9. The van der Waals surface area contributed by atoms with Gasteiger partial charge in [0, 0.05) is 47.8 Å². The monoisotopic (exact) mass is 744 g/mol. The zero-order chi connectivity index (χ0) is 37.7. The molecule has 0 bridgehead atoms. The Bertz CT molecular complexity index is 3230. The SMILES string of the molecule is c1ccc(-c2ccc(-c3ccccc3-n3c4ccccc4c4c(N(c5ccccc5)c5ccccc5-c5ccc6sc7ccccc7c6c5)cccc43)cc2)cc1. The Labute approximate surface area is 335 Å². The minimum atomic E-state index is 1.11. The van der Waals surface area contributed by atoms with E-state index in [9.17, 15) is 0 Å². The number of para-hydroxylation sites is 4. The topological polar surface area (TPSA) is 8.17 Å². The van der Waals surface area contributed by atoms with Crippen LogP contribution in [0.4, 0.5) is 17.1 Å². The Morgan fingerprint density at radius 3 is 1.77 bits per heavy atom. The second kappa shape index (κ2) is 13.8. The molecule has 0 fully saturated rings. The highest BCUT2D eigenvalue weighted by atomic mass is 32.1. The van der Waals surface area contributed by atoms with E-state index in [0.29, 0.717) is 0 Å². The van der Waals surface area contributed by atoms with E-state index in [4.69, 9.17) is 0 Å². The van der Waals surface area contributed by atoms with Crippen molar-refractivity contribution < 1.29 is 0 Å². The van der Waals surface area contributed by atoms with Gasteiger partial charge in [-0.1, -0.05) is 158 Å². The predicted molar refractivity (Wildman–Crippen MR) is 245 cm³/mol. The summed E-state index contributed by atoms with van der Waals surface area (Å²) in [6.07, 6.45) is 0. The number of aromatic nitrogens is 1. The van der Waals surface area contributed by atoms with E-state index in [2.05, 4.69) is 228 Å². The van der Waals surface area contributed by atoms with E-state index >= 15 is 0 Å². The van der Waals surface area contributed by atoms with Gasteiger partial charge in [0.25, 0.3) is 0 Å². The molecule has 0 unspecified atom stereocenters. The van der Waals surface area contributed by atoms with Crippen LogP contribution in [0.15, 0.2) is 218 Å². The maximum atomic E-state index is 2.46. The first kappa shape index (κ1) is 33.2. The largest absolute Gasteiger partial charge is 0.309 e. The van der Waals surface area contributed by atoms with Gasteiger partial charge >= 0.3 is 0 Å². The minimum Gasteiger partial charge on any atom is -0.309 e. The van der Waals surface area contributed by atoms with Crippen LogP contribution in [-0.4, -0.2) is 4.57 Å². The maximum absolute atomic E-state index is 2.46. The van der Waals surface area contributed by atoms with E-state index in [0.717, 1.165) is 28.3 Å². The van der Waals surface area contributed by atoms with Gasteiger partial charge in [0.2, 0.25) is 0 Å². The summed E-state index contributed by atoms with van der Waals surface area (Å²) >= 11 is 1.86. The van der Waals surface area contributed by atoms with Gasteiger partial charge in [0.1, 0.15) is 0 Å². The third kappa shape index (κ3) is 5.63. The summed E-state index contributed by atoms with van der Waals surface area (Å²) in [5, 5.41) is 5.02. The Hall–Kier alpha value is -7.20. The Morgan fingerprint density at radius 2 is 0.930 bits per heavy atom. The van der Waals surface area contributed by atoms with Crippen molar-refractivity contribution in [3.05, 3.63) is 218 Å². The number of nitrogens with zero attached hydrogens (tertiary/aromatic N) is 2. The van der Waals surface area contributed by atoms with Crippen LogP contribution >= 0.6 is 11.3 Å². The van der Waals surface area contributed by atoms with Gasteiger partial charge in [-0.2, -0.15) is 0 Å². The number of fused-ring (bicyclic) bond motifs is 6. The van der Waals surface area contributed by atoms with E-state index in [1.54, 1.807) is 0 Å². The molecule has 0 N–H and O–H groups in total. The van der Waals surface area contributed by atoms with Crippen molar-refractivity contribution in [3.63, 3.8) is 0 Å². The summed E-state index contributed by atoms with van der Waals surface area (Å²) in [5.74, 6) is 0. The van der Waals surface area contributed by atoms with Gasteiger partial charge in [-0.3, -0.25) is 0 Å². The van der Waals surface area contributed by atoms with Crippen LogP contribution < -0.4 is 4.90 Å². The lowest BCUT2D eigenvalue weighted by atomic mass is 9.99. The number of rotatable bonds is 7. The fourth-order valence-electron chi connectivity index (χ4n) is 8.62. The molecular formula is C54H36N2S. The molecule has 268 valence electrons. The van der Waals surface area contributed by atoms with Crippen molar-refractivity contribution in [1.29, 1.82) is 0 Å². The van der Waals surface area contributed by atoms with Gasteiger partial charge in [-0.25, -0.2) is 0 Å². The van der Waals surface area contributed by atoms with Gasteiger partial charge in [-0.15, -0.1) is 11.3 Å². The quantitative estimate of drug-likeness (QED) is 0.158. The van der Waals surface area contributed by atoms with Gasteiger partial charge in [0.05, 0.1) is 28.1 Å². The van der Waals surface area contributed by atoms with Crippen LogP contribution in [0.5, 0.6) is 0 Å². The van der Waals surface area contributed by atoms with Crippen LogP contribution in [0.3, 0.4) is 0 Å². The molecule has 11 rings (SSSR count). The summed E-state index contributed by atoms with van der Waals surface area (Å²) in [6.45, 7) is 0. The Morgan fingerprint density at radius 1 is 0.351 bits per heavy atom. The third-order valence-electron chi connectivity index (χ3n) is 11.2. The molecule has 57 heavy (non-hydrogen) atoms. The molecule has 2 nitrogen and oxygen atoms in total. The first-order valence-electron chi connectivity index (χ1n) is 19.4. The highest BCUT2D eigenvalue weighted by Crippen LogP contribution is 2.47. The molecule has 2 aromatic heterocycles. The van der Waals surface area contributed by atoms with Crippen molar-refractivity contribution >= 4 is 70.4 Å². The fourth-order valence-corrected chi connectivity index (χ4v) is 9.71. The molecule has 0 saturated heterocycles. The molecule has 11 aromatic rings. The second-order valence-corrected chi connectivity index (χ2v) is 15.6. The minimum absolute atomic E-state index is 1.11. The highest BCUT2D eigenvalue weighted by molar-refractivity contribution is 7.25. The number of benzene rings is 9. The molecule has 0 aliphatic heterocycles. The summed E-state index contributed by atoms with van der Waals surface area (Å²) in [4.78, 5) is 2.46. The molecule has 0 amide bonds. The molecule has 9 aromatic carbocycles. The predicted octanol–water partition coefficient (Wildman–Crippen LogP) is 15.6. The van der Waals surface area contributed by atoms with Crippen molar-refractivity contribution in [2.24, 2.45) is 0 Å². The molecule has 3 heteroatoms. The first-order chi connectivity index (χ1) is 28.3. The lowest BCUT2D eigenvalue weighted by Crippen LogP contribution is -2.11. The van der Waals surface area contributed by atoms with E-state index < -0.39 is 0 Å². The normalized spacial score (nSPS) is 11.5. The summed E-state index contributed by atoms with van der Waals surface area (Å²) in [6, 6.07) is 79.4. The summed E-state index contributed by atoms with van der Waals surface area (Å²) < 4.78 is 5.08. The van der Waals surface area contributed by atoms with Crippen LogP contribution in [0.1, 0.15) is 0 Å². The second-order valence-electron chi connectivity index (χ2n) is 14.5. The van der Waals surface area contributed by atoms with Crippen molar-refractivity contribution in [3.8, 4) is 39.1 Å². The van der Waals surface area contributed by atoms with Gasteiger partial charge < -0.3 is 9.47 Å². The zero-order valence-electron chi connectivity index (χ0n) is 31.1. The van der Waals surface area contributed by atoms with E-state index in [1.165, 1.54) is 69.8 Å². The maximum Gasteiger partial charge on any atom is 0.0562 e. The van der Waals surface area contributed by atoms with E-state index in [-0.39, 0.29) is 0 Å². The van der Waals surface area contributed by atoms with Crippen LogP contribution in [-0.2, 0) is 0 Å². The number of hydrogen-bond donors (Lipinski definition) is 0. The van der Waals surface area contributed by atoms with Crippen LogP contribution in [0.25, 0.3) is 81.0 Å². The number of anilines is 3. The molecule has 0 atom stereocenters.